The normalized spacial score (nSPS) is 22.6. The second-order valence-electron chi connectivity index (χ2n) is 5.20. The molecule has 2 heterocycles. The fourth-order valence-corrected chi connectivity index (χ4v) is 2.65. The summed E-state index contributed by atoms with van der Waals surface area (Å²) in [6.45, 7) is 7.58. The van der Waals surface area contributed by atoms with Crippen LogP contribution in [-0.2, 0) is 23.7 Å². The zero-order valence-corrected chi connectivity index (χ0v) is 12.5. The largest absolute Gasteiger partial charge is 0.382 e. The molecule has 2 fully saturated rings. The molecule has 0 aliphatic carbocycles. The minimum absolute atomic E-state index is 0.332. The van der Waals surface area contributed by atoms with E-state index in [-0.39, 0.29) is 5.79 Å². The minimum atomic E-state index is -0.332. The van der Waals surface area contributed by atoms with Crippen LogP contribution in [0.1, 0.15) is 12.8 Å². The summed E-state index contributed by atoms with van der Waals surface area (Å²) in [4.78, 5) is 2.36. The molecule has 0 bridgehead atoms. The third-order valence-corrected chi connectivity index (χ3v) is 3.67. The lowest BCUT2D eigenvalue weighted by Gasteiger charge is -2.38. The summed E-state index contributed by atoms with van der Waals surface area (Å²) in [6, 6.07) is 0. The maximum absolute atomic E-state index is 5.76. The van der Waals surface area contributed by atoms with E-state index in [4.69, 9.17) is 23.7 Å². The topological polar surface area (TPSA) is 49.4 Å². The molecule has 6 heteroatoms. The van der Waals surface area contributed by atoms with E-state index in [1.54, 1.807) is 7.11 Å². The molecular formula is C14H27NO5. The lowest BCUT2D eigenvalue weighted by atomic mass is 10.0. The minimum Gasteiger partial charge on any atom is -0.382 e. The van der Waals surface area contributed by atoms with Crippen molar-refractivity contribution in [1.29, 1.82) is 0 Å². The molecule has 1 spiro atoms. The molecule has 0 radical (unpaired) electrons. The van der Waals surface area contributed by atoms with Crippen LogP contribution in [-0.4, -0.2) is 83.7 Å². The van der Waals surface area contributed by atoms with Gasteiger partial charge in [0.1, 0.15) is 0 Å². The van der Waals surface area contributed by atoms with Crippen LogP contribution in [0, 0.1) is 0 Å². The highest BCUT2D eigenvalue weighted by atomic mass is 16.7. The first-order chi connectivity index (χ1) is 9.85. The molecule has 0 N–H and O–H groups in total. The fourth-order valence-electron chi connectivity index (χ4n) is 2.65. The second kappa shape index (κ2) is 8.92. The van der Waals surface area contributed by atoms with E-state index in [0.717, 1.165) is 52.3 Å². The molecule has 2 rings (SSSR count). The molecule has 20 heavy (non-hydrogen) atoms. The molecule has 6 nitrogen and oxygen atoms in total. The standard InChI is InChI=1S/C14H27NO5/c1-16-7-8-18-10-9-17-6-5-15-4-2-3-14(13-15)19-11-12-20-14/h2-13H2,1H3. The van der Waals surface area contributed by atoms with Gasteiger partial charge >= 0.3 is 0 Å². The summed E-state index contributed by atoms with van der Waals surface area (Å²) in [7, 11) is 1.67. The smallest absolute Gasteiger partial charge is 0.181 e. The molecule has 0 aromatic carbocycles. The molecule has 2 aliphatic heterocycles. The first-order valence-electron chi connectivity index (χ1n) is 7.49. The highest BCUT2D eigenvalue weighted by Crippen LogP contribution is 2.29. The summed E-state index contributed by atoms with van der Waals surface area (Å²) in [5, 5.41) is 0. The van der Waals surface area contributed by atoms with Crippen molar-refractivity contribution in [3.05, 3.63) is 0 Å². The SMILES string of the molecule is COCCOCCOCCN1CCCC2(C1)OCCO2. The van der Waals surface area contributed by atoms with Gasteiger partial charge in [-0.15, -0.1) is 0 Å². The van der Waals surface area contributed by atoms with Gasteiger partial charge in [0.2, 0.25) is 0 Å². The number of likely N-dealkylation sites (tertiary alicyclic amines) is 1. The third kappa shape index (κ3) is 5.27. The zero-order chi connectivity index (χ0) is 14.1. The van der Waals surface area contributed by atoms with Crippen molar-refractivity contribution in [2.24, 2.45) is 0 Å². The lowest BCUT2D eigenvalue weighted by molar-refractivity contribution is -0.190. The van der Waals surface area contributed by atoms with Gasteiger partial charge in [0, 0.05) is 20.1 Å². The number of nitrogens with zero attached hydrogens (tertiary/aromatic N) is 1. The first-order valence-corrected chi connectivity index (χ1v) is 7.49. The highest BCUT2D eigenvalue weighted by Gasteiger charge is 2.40. The van der Waals surface area contributed by atoms with Crippen LogP contribution in [0.15, 0.2) is 0 Å². The monoisotopic (exact) mass is 289 g/mol. The molecule has 0 saturated carbocycles. The molecule has 2 saturated heterocycles. The van der Waals surface area contributed by atoms with Gasteiger partial charge in [-0.1, -0.05) is 0 Å². The van der Waals surface area contributed by atoms with Gasteiger partial charge in [0.15, 0.2) is 5.79 Å². The van der Waals surface area contributed by atoms with Gasteiger partial charge < -0.3 is 23.7 Å². The van der Waals surface area contributed by atoms with E-state index in [0.29, 0.717) is 26.4 Å². The Morgan fingerprint density at radius 1 is 1.00 bits per heavy atom. The van der Waals surface area contributed by atoms with Crippen molar-refractivity contribution < 1.29 is 23.7 Å². The van der Waals surface area contributed by atoms with E-state index < -0.39 is 0 Å². The van der Waals surface area contributed by atoms with Gasteiger partial charge in [-0.2, -0.15) is 0 Å². The molecule has 118 valence electrons. The zero-order valence-electron chi connectivity index (χ0n) is 12.5. The van der Waals surface area contributed by atoms with Crippen molar-refractivity contribution >= 4 is 0 Å². The van der Waals surface area contributed by atoms with Crippen LogP contribution in [0.4, 0.5) is 0 Å². The quantitative estimate of drug-likeness (QED) is 0.576. The van der Waals surface area contributed by atoms with Crippen molar-refractivity contribution in [1.82, 2.24) is 4.90 Å². The van der Waals surface area contributed by atoms with E-state index in [2.05, 4.69) is 4.90 Å². The van der Waals surface area contributed by atoms with E-state index in [9.17, 15) is 0 Å². The first kappa shape index (κ1) is 16.1. The van der Waals surface area contributed by atoms with Gasteiger partial charge in [-0.05, 0) is 13.0 Å². The molecular weight excluding hydrogens is 262 g/mol. The van der Waals surface area contributed by atoms with Crippen LogP contribution in [0.2, 0.25) is 0 Å². The Kier molecular flexibility index (Phi) is 7.19. The molecule has 0 aromatic rings. The van der Waals surface area contributed by atoms with Crippen molar-refractivity contribution in [3.63, 3.8) is 0 Å². The fraction of sp³-hybridized carbons (Fsp3) is 1.00. The number of rotatable bonds is 9. The Balaban J connectivity index is 1.49. The number of piperidine rings is 1. The molecule has 0 amide bonds. The molecule has 0 atom stereocenters. The predicted octanol–water partition coefficient (Wildman–Crippen LogP) is 0.505. The van der Waals surface area contributed by atoms with Crippen molar-refractivity contribution in [2.45, 2.75) is 18.6 Å². The number of hydrogen-bond acceptors (Lipinski definition) is 6. The van der Waals surface area contributed by atoms with E-state index >= 15 is 0 Å². The van der Waals surface area contributed by atoms with E-state index in [1.807, 2.05) is 0 Å². The van der Waals surface area contributed by atoms with Crippen molar-refractivity contribution in [2.75, 3.05) is 73.0 Å². The van der Waals surface area contributed by atoms with Crippen LogP contribution in [0.5, 0.6) is 0 Å². The maximum Gasteiger partial charge on any atom is 0.181 e. The van der Waals surface area contributed by atoms with Crippen LogP contribution < -0.4 is 0 Å². The van der Waals surface area contributed by atoms with Crippen LogP contribution in [0.3, 0.4) is 0 Å². The summed E-state index contributed by atoms with van der Waals surface area (Å²) in [5.41, 5.74) is 0. The summed E-state index contributed by atoms with van der Waals surface area (Å²) in [6.07, 6.45) is 2.14. The summed E-state index contributed by atoms with van der Waals surface area (Å²) in [5.74, 6) is -0.332. The molecule has 2 aliphatic rings. The Bertz CT molecular complexity index is 258. The number of methoxy groups -OCH3 is 1. The number of ether oxygens (including phenoxy) is 5. The molecule has 0 aromatic heterocycles. The summed E-state index contributed by atoms with van der Waals surface area (Å²) < 4.78 is 27.3. The van der Waals surface area contributed by atoms with Crippen molar-refractivity contribution in [3.8, 4) is 0 Å². The van der Waals surface area contributed by atoms with Gasteiger partial charge in [0.05, 0.1) is 52.8 Å². The molecule has 0 unspecified atom stereocenters. The Morgan fingerprint density at radius 3 is 2.45 bits per heavy atom. The van der Waals surface area contributed by atoms with Crippen LogP contribution >= 0.6 is 0 Å². The average Bonchev–Trinajstić information content (AvgIpc) is 2.90. The highest BCUT2D eigenvalue weighted by molar-refractivity contribution is 4.83. The Hall–Kier alpha value is -0.240. The lowest BCUT2D eigenvalue weighted by Crippen LogP contribution is -2.49. The van der Waals surface area contributed by atoms with Gasteiger partial charge in [-0.25, -0.2) is 0 Å². The van der Waals surface area contributed by atoms with E-state index in [1.165, 1.54) is 0 Å². The third-order valence-electron chi connectivity index (χ3n) is 3.67. The Labute approximate surface area is 121 Å². The maximum atomic E-state index is 5.76. The predicted molar refractivity (Wildman–Crippen MR) is 73.8 cm³/mol. The number of hydrogen-bond donors (Lipinski definition) is 0. The second-order valence-corrected chi connectivity index (χ2v) is 5.20. The summed E-state index contributed by atoms with van der Waals surface area (Å²) >= 11 is 0. The Morgan fingerprint density at radius 2 is 1.70 bits per heavy atom. The van der Waals surface area contributed by atoms with Crippen LogP contribution in [0.25, 0.3) is 0 Å². The van der Waals surface area contributed by atoms with Gasteiger partial charge in [-0.3, -0.25) is 4.90 Å². The van der Waals surface area contributed by atoms with Gasteiger partial charge in [0.25, 0.3) is 0 Å². The average molecular weight is 289 g/mol.